The fourth-order valence-electron chi connectivity index (χ4n) is 0.813. The summed E-state index contributed by atoms with van der Waals surface area (Å²) in [5.74, 6) is -0.308. The Morgan fingerprint density at radius 2 is 2.14 bits per heavy atom. The first kappa shape index (κ1) is 11.4. The summed E-state index contributed by atoms with van der Waals surface area (Å²) in [6.07, 6.45) is 0. The summed E-state index contributed by atoms with van der Waals surface area (Å²) in [6.45, 7) is 2.88. The first-order valence-corrected chi connectivity index (χ1v) is 6.63. The first-order chi connectivity index (χ1) is 6.30. The van der Waals surface area contributed by atoms with Gasteiger partial charge in [0.2, 0.25) is 5.91 Å². The number of hydrogen-bond donors (Lipinski definition) is 1. The minimum absolute atomic E-state index is 0.201. The highest BCUT2D eigenvalue weighted by Gasteiger charge is 2.19. The van der Waals surface area contributed by atoms with E-state index < -0.39 is 9.05 Å². The van der Waals surface area contributed by atoms with Crippen molar-refractivity contribution in [2.45, 2.75) is 18.9 Å². The Hall–Kier alpha value is -0.660. The first-order valence-electron chi connectivity index (χ1n) is 3.50. The third-order valence-electron chi connectivity index (χ3n) is 1.27. The highest BCUT2D eigenvalue weighted by Crippen LogP contribution is 2.27. The van der Waals surface area contributed by atoms with E-state index in [4.69, 9.17) is 10.7 Å². The third kappa shape index (κ3) is 2.66. The van der Waals surface area contributed by atoms with Crippen LogP contribution in [0.4, 0.5) is 5.13 Å². The van der Waals surface area contributed by atoms with Gasteiger partial charge in [0.1, 0.15) is 0 Å². The summed E-state index contributed by atoms with van der Waals surface area (Å²) in [7, 11) is 1.29. The molecule has 0 saturated heterocycles. The van der Waals surface area contributed by atoms with Crippen LogP contribution in [-0.4, -0.2) is 19.3 Å². The molecule has 8 heteroatoms. The molecule has 0 aliphatic heterocycles. The van der Waals surface area contributed by atoms with Crippen molar-refractivity contribution in [1.82, 2.24) is 4.98 Å². The summed E-state index contributed by atoms with van der Waals surface area (Å²) in [4.78, 5) is 14.8. The predicted molar refractivity (Wildman–Crippen MR) is 54.2 cm³/mol. The molecule has 1 amide bonds. The SMILES string of the molecule is CC(=O)Nc1nc(S(=O)(=O)Cl)c(C)s1. The molecule has 1 rings (SSSR count). The Kier molecular flexibility index (Phi) is 3.13. The summed E-state index contributed by atoms with van der Waals surface area (Å²) in [5, 5.41) is 2.41. The van der Waals surface area contributed by atoms with Gasteiger partial charge in [-0.3, -0.25) is 4.79 Å². The number of halogens is 1. The average Bonchev–Trinajstić information content (AvgIpc) is 2.27. The van der Waals surface area contributed by atoms with E-state index >= 15 is 0 Å². The van der Waals surface area contributed by atoms with Crippen LogP contribution >= 0.6 is 22.0 Å². The summed E-state index contributed by atoms with van der Waals surface area (Å²) in [5.41, 5.74) is 0. The van der Waals surface area contributed by atoms with Crippen molar-refractivity contribution in [2.24, 2.45) is 0 Å². The molecule has 14 heavy (non-hydrogen) atoms. The van der Waals surface area contributed by atoms with E-state index in [1.165, 1.54) is 6.92 Å². The molecule has 0 aromatic carbocycles. The standard InChI is InChI=1S/C6H7ClN2O3S2/c1-3-5(14(7,11)12)9-6(13-3)8-4(2)10/h1-2H3,(H,8,9,10). The fraction of sp³-hybridized carbons (Fsp3) is 0.333. The second-order valence-corrected chi connectivity index (χ2v) is 6.18. The number of amides is 1. The van der Waals surface area contributed by atoms with Gasteiger partial charge in [0, 0.05) is 22.5 Å². The van der Waals surface area contributed by atoms with Crippen molar-refractivity contribution in [2.75, 3.05) is 5.32 Å². The number of carbonyl (C=O) groups excluding carboxylic acids is 1. The molecule has 0 radical (unpaired) electrons. The van der Waals surface area contributed by atoms with Gasteiger partial charge in [-0.15, -0.1) is 11.3 Å². The van der Waals surface area contributed by atoms with E-state index in [0.29, 0.717) is 4.88 Å². The average molecular weight is 255 g/mol. The highest BCUT2D eigenvalue weighted by atomic mass is 35.7. The summed E-state index contributed by atoms with van der Waals surface area (Å²) >= 11 is 1.06. The largest absolute Gasteiger partial charge is 0.302 e. The van der Waals surface area contributed by atoms with Crippen LogP contribution in [0.25, 0.3) is 0 Å². The molecular weight excluding hydrogens is 248 g/mol. The number of hydrogen-bond acceptors (Lipinski definition) is 5. The summed E-state index contributed by atoms with van der Waals surface area (Å²) < 4.78 is 21.9. The lowest BCUT2D eigenvalue weighted by molar-refractivity contribution is -0.114. The van der Waals surface area contributed by atoms with Crippen LogP contribution < -0.4 is 5.32 Å². The van der Waals surface area contributed by atoms with E-state index in [1.54, 1.807) is 6.92 Å². The van der Waals surface area contributed by atoms with Crippen molar-refractivity contribution in [3.05, 3.63) is 4.88 Å². The van der Waals surface area contributed by atoms with Crippen LogP contribution in [0.5, 0.6) is 0 Å². The number of anilines is 1. The molecule has 0 saturated carbocycles. The normalized spacial score (nSPS) is 11.4. The minimum Gasteiger partial charge on any atom is -0.302 e. The van der Waals surface area contributed by atoms with Gasteiger partial charge >= 0.3 is 0 Å². The monoisotopic (exact) mass is 254 g/mol. The fourth-order valence-corrected chi connectivity index (χ4v) is 3.21. The van der Waals surface area contributed by atoms with Gasteiger partial charge in [-0.1, -0.05) is 0 Å². The molecule has 0 fully saturated rings. The van der Waals surface area contributed by atoms with Crippen LogP contribution in [-0.2, 0) is 13.8 Å². The van der Waals surface area contributed by atoms with Crippen LogP contribution in [0.3, 0.4) is 0 Å². The molecule has 5 nitrogen and oxygen atoms in total. The van der Waals surface area contributed by atoms with Crippen molar-refractivity contribution >= 4 is 42.1 Å². The number of aromatic nitrogens is 1. The molecule has 0 bridgehead atoms. The van der Waals surface area contributed by atoms with Gasteiger partial charge in [-0.25, -0.2) is 13.4 Å². The summed E-state index contributed by atoms with van der Waals surface area (Å²) in [6, 6.07) is 0. The number of carbonyl (C=O) groups is 1. The lowest BCUT2D eigenvalue weighted by atomic mass is 10.6. The van der Waals surface area contributed by atoms with Gasteiger partial charge in [0.05, 0.1) is 0 Å². The second-order valence-electron chi connectivity index (χ2n) is 2.50. The minimum atomic E-state index is -3.83. The Morgan fingerprint density at radius 1 is 1.57 bits per heavy atom. The van der Waals surface area contributed by atoms with E-state index in [9.17, 15) is 13.2 Å². The molecule has 1 N–H and O–H groups in total. The van der Waals surface area contributed by atoms with Crippen molar-refractivity contribution < 1.29 is 13.2 Å². The predicted octanol–water partition coefficient (Wildman–Crippen LogP) is 1.34. The van der Waals surface area contributed by atoms with Crippen molar-refractivity contribution in [3.63, 3.8) is 0 Å². The molecule has 0 aliphatic carbocycles. The van der Waals surface area contributed by atoms with E-state index in [0.717, 1.165) is 11.3 Å². The molecule has 1 aromatic heterocycles. The zero-order valence-corrected chi connectivity index (χ0v) is 9.76. The van der Waals surface area contributed by atoms with Gasteiger partial charge in [-0.2, -0.15) is 0 Å². The topological polar surface area (TPSA) is 76.1 Å². The van der Waals surface area contributed by atoms with E-state index in [1.807, 2.05) is 0 Å². The van der Waals surface area contributed by atoms with Crippen LogP contribution in [0.2, 0.25) is 0 Å². The number of rotatable bonds is 2. The smallest absolute Gasteiger partial charge is 0.279 e. The lowest BCUT2D eigenvalue weighted by Crippen LogP contribution is -2.05. The van der Waals surface area contributed by atoms with E-state index in [-0.39, 0.29) is 16.1 Å². The Labute approximate surface area is 89.5 Å². The van der Waals surface area contributed by atoms with Crippen LogP contribution in [0, 0.1) is 6.92 Å². The Bertz CT molecular complexity index is 465. The maximum absolute atomic E-state index is 10.9. The molecule has 0 atom stereocenters. The van der Waals surface area contributed by atoms with Gasteiger partial charge in [0.15, 0.2) is 10.2 Å². The molecule has 1 heterocycles. The molecule has 1 aromatic rings. The van der Waals surface area contributed by atoms with Crippen molar-refractivity contribution in [3.8, 4) is 0 Å². The molecule has 0 unspecified atom stereocenters. The number of thiazole rings is 1. The number of nitrogens with zero attached hydrogens (tertiary/aromatic N) is 1. The van der Waals surface area contributed by atoms with Crippen LogP contribution in [0.15, 0.2) is 5.03 Å². The number of aryl methyl sites for hydroxylation is 1. The highest BCUT2D eigenvalue weighted by molar-refractivity contribution is 8.13. The third-order valence-corrected chi connectivity index (χ3v) is 3.58. The molecule has 0 aliphatic rings. The zero-order valence-electron chi connectivity index (χ0n) is 7.37. The quantitative estimate of drug-likeness (QED) is 0.808. The van der Waals surface area contributed by atoms with Gasteiger partial charge in [-0.05, 0) is 6.92 Å². The van der Waals surface area contributed by atoms with Crippen molar-refractivity contribution in [1.29, 1.82) is 0 Å². The Balaban J connectivity index is 3.12. The van der Waals surface area contributed by atoms with Gasteiger partial charge < -0.3 is 5.32 Å². The Morgan fingerprint density at radius 3 is 2.50 bits per heavy atom. The number of nitrogens with one attached hydrogen (secondary N) is 1. The maximum Gasteiger partial charge on any atom is 0.279 e. The second kappa shape index (κ2) is 3.84. The lowest BCUT2D eigenvalue weighted by Gasteiger charge is -1.92. The zero-order chi connectivity index (χ0) is 10.9. The van der Waals surface area contributed by atoms with Gasteiger partial charge in [0.25, 0.3) is 9.05 Å². The molecule has 0 spiro atoms. The maximum atomic E-state index is 10.9. The van der Waals surface area contributed by atoms with E-state index in [2.05, 4.69) is 10.3 Å². The molecule has 78 valence electrons. The van der Waals surface area contributed by atoms with Crippen LogP contribution in [0.1, 0.15) is 11.8 Å². The molecular formula is C6H7ClN2O3S2.